The van der Waals surface area contributed by atoms with Crippen LogP contribution in [-0.4, -0.2) is 70.1 Å². The summed E-state index contributed by atoms with van der Waals surface area (Å²) in [5.74, 6) is 0.189. The van der Waals surface area contributed by atoms with Gasteiger partial charge in [-0.15, -0.1) is 11.3 Å². The lowest BCUT2D eigenvalue weighted by molar-refractivity contribution is -0.141. The molecule has 0 saturated carbocycles. The Morgan fingerprint density at radius 2 is 1.66 bits per heavy atom. The van der Waals surface area contributed by atoms with Crippen molar-refractivity contribution < 1.29 is 33.3 Å². The largest absolute Gasteiger partial charge is 0.491 e. The Morgan fingerprint density at radius 1 is 0.966 bits per heavy atom. The van der Waals surface area contributed by atoms with Crippen LogP contribution in [0.15, 0.2) is 35.2 Å². The van der Waals surface area contributed by atoms with Gasteiger partial charge in [0.2, 0.25) is 5.78 Å². The van der Waals surface area contributed by atoms with Crippen LogP contribution in [0.4, 0.5) is 0 Å². The highest BCUT2D eigenvalue weighted by Crippen LogP contribution is 2.16. The first-order valence-corrected chi connectivity index (χ1v) is 10.1. The summed E-state index contributed by atoms with van der Waals surface area (Å²) < 4.78 is 26.2. The predicted octanol–water partition coefficient (Wildman–Crippen LogP) is 2.37. The van der Waals surface area contributed by atoms with Crippen molar-refractivity contribution in [3.8, 4) is 5.75 Å². The number of carbonyl (C=O) groups excluding carboxylic acids is 2. The summed E-state index contributed by atoms with van der Waals surface area (Å²) in [7, 11) is 1.35. The topological polar surface area (TPSA) is 93.2 Å². The Kier molecular flexibility index (Phi) is 10.9. The van der Waals surface area contributed by atoms with Crippen LogP contribution in [0.25, 0.3) is 0 Å². The van der Waals surface area contributed by atoms with Gasteiger partial charge in [-0.25, -0.2) is 4.98 Å². The number of hydrogen-bond donors (Lipinski definition) is 0. The summed E-state index contributed by atoms with van der Waals surface area (Å²) in [5, 5.41) is 1.72. The predicted molar refractivity (Wildman–Crippen MR) is 107 cm³/mol. The Bertz CT molecular complexity index is 736. The van der Waals surface area contributed by atoms with Gasteiger partial charge in [0.05, 0.1) is 58.7 Å². The molecule has 0 spiro atoms. The van der Waals surface area contributed by atoms with E-state index in [1.165, 1.54) is 18.4 Å². The second-order valence-corrected chi connectivity index (χ2v) is 6.46. The molecule has 1 heterocycles. The van der Waals surface area contributed by atoms with Crippen LogP contribution in [0, 0.1) is 0 Å². The highest BCUT2D eigenvalue weighted by molar-refractivity contribution is 7.07. The zero-order valence-electron chi connectivity index (χ0n) is 16.3. The first kappa shape index (κ1) is 23.0. The number of thiazole rings is 1. The number of ketones is 1. The van der Waals surface area contributed by atoms with Crippen molar-refractivity contribution in [1.82, 2.24) is 4.98 Å². The molecule has 0 radical (unpaired) electrons. The molecule has 1 aromatic heterocycles. The number of aromatic nitrogens is 1. The van der Waals surface area contributed by atoms with Gasteiger partial charge in [0.25, 0.3) is 0 Å². The third kappa shape index (κ3) is 9.14. The smallest absolute Gasteiger partial charge is 0.307 e. The molecule has 0 N–H and O–H groups in total. The third-order valence-corrected chi connectivity index (χ3v) is 4.27. The minimum absolute atomic E-state index is 0.126. The van der Waals surface area contributed by atoms with Gasteiger partial charge >= 0.3 is 5.97 Å². The van der Waals surface area contributed by atoms with Gasteiger partial charge in [-0.05, 0) is 12.1 Å². The van der Waals surface area contributed by atoms with Crippen LogP contribution in [0.3, 0.4) is 0 Å². The number of ether oxygens (including phenoxy) is 5. The molecule has 0 aliphatic heterocycles. The zero-order valence-corrected chi connectivity index (χ0v) is 17.2. The molecular formula is C20H25NO7S. The normalized spacial score (nSPS) is 10.7. The lowest BCUT2D eigenvalue weighted by Crippen LogP contribution is -2.13. The molecule has 0 atom stereocenters. The van der Waals surface area contributed by atoms with Gasteiger partial charge < -0.3 is 23.7 Å². The van der Waals surface area contributed by atoms with Crippen LogP contribution in [0.5, 0.6) is 5.75 Å². The number of methoxy groups -OCH3 is 1. The second-order valence-electron chi connectivity index (χ2n) is 5.74. The van der Waals surface area contributed by atoms with Crippen LogP contribution >= 0.6 is 11.3 Å². The van der Waals surface area contributed by atoms with Gasteiger partial charge in [-0.3, -0.25) is 9.59 Å². The summed E-state index contributed by atoms with van der Waals surface area (Å²) in [4.78, 5) is 27.2. The van der Waals surface area contributed by atoms with Crippen LogP contribution in [0.1, 0.15) is 22.5 Å². The van der Waals surface area contributed by atoms with Gasteiger partial charge in [-0.1, -0.05) is 12.1 Å². The summed E-state index contributed by atoms with van der Waals surface area (Å²) >= 11 is 1.38. The second kappa shape index (κ2) is 13.8. The number of carbonyl (C=O) groups is 2. The Balaban J connectivity index is 1.49. The fourth-order valence-corrected chi connectivity index (χ4v) is 2.75. The monoisotopic (exact) mass is 423 g/mol. The van der Waals surface area contributed by atoms with Crippen molar-refractivity contribution in [2.24, 2.45) is 0 Å². The molecule has 2 aromatic rings. The average Bonchev–Trinajstić information content (AvgIpc) is 3.29. The van der Waals surface area contributed by atoms with Gasteiger partial charge in [0, 0.05) is 10.9 Å². The van der Waals surface area contributed by atoms with Crippen molar-refractivity contribution in [3.05, 3.63) is 46.4 Å². The van der Waals surface area contributed by atoms with Gasteiger partial charge in [0.1, 0.15) is 18.1 Å². The van der Waals surface area contributed by atoms with E-state index in [2.05, 4.69) is 9.72 Å². The Morgan fingerprint density at radius 3 is 2.31 bits per heavy atom. The van der Waals surface area contributed by atoms with Crippen molar-refractivity contribution in [1.29, 1.82) is 0 Å². The Labute approximate surface area is 173 Å². The number of hydrogen-bond acceptors (Lipinski definition) is 9. The first-order chi connectivity index (χ1) is 14.2. The minimum Gasteiger partial charge on any atom is -0.491 e. The molecule has 8 nitrogen and oxygen atoms in total. The van der Waals surface area contributed by atoms with Crippen LogP contribution < -0.4 is 4.74 Å². The summed E-state index contributed by atoms with van der Waals surface area (Å²) in [6.45, 7) is 2.82. The zero-order chi connectivity index (χ0) is 20.7. The van der Waals surface area contributed by atoms with Crippen LogP contribution in [-0.2, 0) is 23.7 Å². The third-order valence-electron chi connectivity index (χ3n) is 3.68. The molecule has 1 aromatic carbocycles. The maximum absolute atomic E-state index is 12.3. The molecule has 29 heavy (non-hydrogen) atoms. The molecule has 158 valence electrons. The molecule has 2 rings (SSSR count). The molecule has 0 unspecified atom stereocenters. The Hall–Kier alpha value is -2.33. The average molecular weight is 423 g/mol. The molecule has 0 fully saturated rings. The molecule has 0 bridgehead atoms. The quantitative estimate of drug-likeness (QED) is 0.245. The van der Waals surface area contributed by atoms with Crippen molar-refractivity contribution in [2.75, 3.05) is 53.4 Å². The van der Waals surface area contributed by atoms with Gasteiger partial charge in [-0.2, -0.15) is 0 Å². The standard InChI is InChI=1S/C20H25NO7S/c1-24-19(22)5-6-25-7-8-26-9-10-27-11-12-28-17-4-2-3-16(13-17)20(23)18-14-29-15-21-18/h2-4,13-15H,5-12H2,1H3. The molecule has 0 aliphatic carbocycles. The van der Waals surface area contributed by atoms with E-state index in [0.29, 0.717) is 63.3 Å². The molecule has 0 saturated heterocycles. The van der Waals surface area contributed by atoms with E-state index in [1.54, 1.807) is 35.2 Å². The van der Waals surface area contributed by atoms with Crippen molar-refractivity contribution in [3.63, 3.8) is 0 Å². The minimum atomic E-state index is -0.292. The fraction of sp³-hybridized carbons (Fsp3) is 0.450. The molecular weight excluding hydrogens is 398 g/mol. The van der Waals surface area contributed by atoms with E-state index < -0.39 is 0 Å². The van der Waals surface area contributed by atoms with Crippen molar-refractivity contribution >= 4 is 23.1 Å². The maximum Gasteiger partial charge on any atom is 0.307 e. The fourth-order valence-electron chi connectivity index (χ4n) is 2.22. The summed E-state index contributed by atoms with van der Waals surface area (Å²) in [5.41, 5.74) is 2.60. The van der Waals surface area contributed by atoms with E-state index in [0.717, 1.165) is 0 Å². The number of benzene rings is 1. The molecule has 0 amide bonds. The highest BCUT2D eigenvalue weighted by Gasteiger charge is 2.11. The SMILES string of the molecule is COC(=O)CCOCCOCCOCCOc1cccc(C(=O)c2cscn2)c1. The molecule has 0 aliphatic rings. The van der Waals surface area contributed by atoms with E-state index in [-0.39, 0.29) is 18.2 Å². The van der Waals surface area contributed by atoms with E-state index in [4.69, 9.17) is 18.9 Å². The number of nitrogens with zero attached hydrogens (tertiary/aromatic N) is 1. The van der Waals surface area contributed by atoms with E-state index >= 15 is 0 Å². The van der Waals surface area contributed by atoms with E-state index in [9.17, 15) is 9.59 Å². The lowest BCUT2D eigenvalue weighted by Gasteiger charge is -2.09. The first-order valence-electron chi connectivity index (χ1n) is 9.16. The van der Waals surface area contributed by atoms with Crippen molar-refractivity contribution in [2.45, 2.75) is 6.42 Å². The maximum atomic E-state index is 12.3. The lowest BCUT2D eigenvalue weighted by atomic mass is 10.1. The highest BCUT2D eigenvalue weighted by atomic mass is 32.1. The molecule has 9 heteroatoms. The number of rotatable bonds is 15. The summed E-state index contributed by atoms with van der Waals surface area (Å²) in [6.07, 6.45) is 0.238. The summed E-state index contributed by atoms with van der Waals surface area (Å²) in [6, 6.07) is 7.00. The van der Waals surface area contributed by atoms with Gasteiger partial charge in [0.15, 0.2) is 0 Å². The van der Waals surface area contributed by atoms with E-state index in [1.807, 2.05) is 0 Å². The van der Waals surface area contributed by atoms with Crippen LogP contribution in [0.2, 0.25) is 0 Å². The number of esters is 1.